The van der Waals surface area contributed by atoms with Gasteiger partial charge in [-0.1, -0.05) is 12.1 Å². The molecular formula is C16H14F4N2O2. The zero-order chi connectivity index (χ0) is 17.5. The number of halogens is 4. The first-order valence-corrected chi connectivity index (χ1v) is 7.38. The fourth-order valence-electron chi connectivity index (χ4n) is 2.42. The van der Waals surface area contributed by atoms with Crippen molar-refractivity contribution in [1.29, 1.82) is 0 Å². The van der Waals surface area contributed by atoms with Crippen molar-refractivity contribution in [3.8, 4) is 0 Å². The average Bonchev–Trinajstić information content (AvgIpc) is 3.33. The highest BCUT2D eigenvalue weighted by molar-refractivity contribution is 5.23. The van der Waals surface area contributed by atoms with Gasteiger partial charge in [0.1, 0.15) is 11.4 Å². The molecule has 4 nitrogen and oxygen atoms in total. The van der Waals surface area contributed by atoms with Crippen LogP contribution in [-0.2, 0) is 12.7 Å². The molecule has 1 saturated carbocycles. The van der Waals surface area contributed by atoms with Crippen LogP contribution in [0.5, 0.6) is 0 Å². The van der Waals surface area contributed by atoms with Gasteiger partial charge in [0.15, 0.2) is 0 Å². The Morgan fingerprint density at radius 1 is 1.25 bits per heavy atom. The van der Waals surface area contributed by atoms with Crippen molar-refractivity contribution >= 4 is 0 Å². The number of benzene rings is 1. The van der Waals surface area contributed by atoms with Crippen molar-refractivity contribution in [2.24, 2.45) is 0 Å². The van der Waals surface area contributed by atoms with E-state index >= 15 is 0 Å². The van der Waals surface area contributed by atoms with Crippen molar-refractivity contribution in [1.82, 2.24) is 9.78 Å². The van der Waals surface area contributed by atoms with E-state index in [4.69, 9.17) is 0 Å². The minimum absolute atomic E-state index is 0.0825. The van der Waals surface area contributed by atoms with Gasteiger partial charge < -0.3 is 5.11 Å². The number of hydrogen-bond donors (Lipinski definition) is 1. The molecule has 1 fully saturated rings. The van der Waals surface area contributed by atoms with Crippen molar-refractivity contribution in [2.75, 3.05) is 0 Å². The average molecular weight is 342 g/mol. The van der Waals surface area contributed by atoms with Crippen LogP contribution < -0.4 is 5.56 Å². The van der Waals surface area contributed by atoms with E-state index in [1.807, 2.05) is 0 Å². The van der Waals surface area contributed by atoms with E-state index in [0.29, 0.717) is 4.68 Å². The zero-order valence-corrected chi connectivity index (χ0v) is 12.4. The number of aliphatic hydroxyl groups is 1. The monoisotopic (exact) mass is 342 g/mol. The Balaban J connectivity index is 1.96. The highest BCUT2D eigenvalue weighted by Crippen LogP contribution is 2.40. The lowest BCUT2D eigenvalue weighted by Crippen LogP contribution is -2.33. The molecular weight excluding hydrogens is 328 g/mol. The molecule has 1 aromatic heterocycles. The third kappa shape index (κ3) is 3.48. The van der Waals surface area contributed by atoms with Gasteiger partial charge in [0.05, 0.1) is 18.3 Å². The Morgan fingerprint density at radius 3 is 2.42 bits per heavy atom. The van der Waals surface area contributed by atoms with Crippen LogP contribution in [0.4, 0.5) is 17.6 Å². The normalized spacial score (nSPS) is 16.2. The molecule has 1 heterocycles. The standard InChI is InChI=1S/C16H14F4N2O2/c17-11-5-3-10(4-6-11)14(23)8-22-15(24)12(16(18,19)20)7-13(21-22)9-1-2-9/h3-7,9,14,23H,1-2,8H2. The van der Waals surface area contributed by atoms with E-state index in [9.17, 15) is 27.5 Å². The second-order valence-corrected chi connectivity index (χ2v) is 5.81. The molecule has 0 bridgehead atoms. The SMILES string of the molecule is O=c1c(C(F)(F)F)cc(C2CC2)nn1CC(O)c1ccc(F)cc1. The van der Waals surface area contributed by atoms with Gasteiger partial charge in [-0.05, 0) is 36.6 Å². The van der Waals surface area contributed by atoms with Crippen LogP contribution in [0.3, 0.4) is 0 Å². The molecule has 2 aromatic rings. The zero-order valence-electron chi connectivity index (χ0n) is 12.4. The lowest BCUT2D eigenvalue weighted by molar-refractivity contribution is -0.139. The third-order valence-corrected chi connectivity index (χ3v) is 3.89. The van der Waals surface area contributed by atoms with E-state index in [1.165, 1.54) is 12.1 Å². The fourth-order valence-corrected chi connectivity index (χ4v) is 2.42. The van der Waals surface area contributed by atoms with Gasteiger partial charge in [-0.3, -0.25) is 4.79 Å². The Hall–Kier alpha value is -2.22. The largest absolute Gasteiger partial charge is 0.421 e. The number of rotatable bonds is 4. The molecule has 128 valence electrons. The molecule has 24 heavy (non-hydrogen) atoms. The van der Waals surface area contributed by atoms with E-state index in [-0.39, 0.29) is 17.2 Å². The molecule has 1 aliphatic carbocycles. The Morgan fingerprint density at radius 2 is 1.88 bits per heavy atom. The number of alkyl halides is 3. The predicted molar refractivity (Wildman–Crippen MR) is 76.8 cm³/mol. The first kappa shape index (κ1) is 16.6. The van der Waals surface area contributed by atoms with Crippen LogP contribution in [0.2, 0.25) is 0 Å². The molecule has 0 spiro atoms. The number of nitrogens with zero attached hydrogens (tertiary/aromatic N) is 2. The number of aromatic nitrogens is 2. The Bertz CT molecular complexity index is 795. The lowest BCUT2D eigenvalue weighted by Gasteiger charge is -2.15. The molecule has 1 aromatic carbocycles. The van der Waals surface area contributed by atoms with E-state index < -0.39 is 35.8 Å². The molecule has 1 N–H and O–H groups in total. The predicted octanol–water partition coefficient (Wildman–Crippen LogP) is 3.01. The molecule has 1 unspecified atom stereocenters. The molecule has 3 rings (SSSR count). The van der Waals surface area contributed by atoms with Crippen molar-refractivity contribution in [3.05, 3.63) is 63.3 Å². The summed E-state index contributed by atoms with van der Waals surface area (Å²) in [5, 5.41) is 14.1. The maximum Gasteiger partial charge on any atom is 0.421 e. The maximum atomic E-state index is 13.1. The van der Waals surface area contributed by atoms with Crippen LogP contribution in [0.1, 0.15) is 41.7 Å². The summed E-state index contributed by atoms with van der Waals surface area (Å²) in [6, 6.07) is 5.65. The molecule has 1 atom stereocenters. The van der Waals surface area contributed by atoms with Crippen LogP contribution in [0, 0.1) is 5.82 Å². The van der Waals surface area contributed by atoms with Gasteiger partial charge in [0, 0.05) is 5.92 Å². The summed E-state index contributed by atoms with van der Waals surface area (Å²) in [5.74, 6) is -0.586. The third-order valence-electron chi connectivity index (χ3n) is 3.89. The molecule has 0 amide bonds. The van der Waals surface area contributed by atoms with Crippen LogP contribution in [0.25, 0.3) is 0 Å². The van der Waals surface area contributed by atoms with Crippen molar-refractivity contribution in [2.45, 2.75) is 37.6 Å². The number of aliphatic hydroxyl groups excluding tert-OH is 1. The number of hydrogen-bond acceptors (Lipinski definition) is 3. The summed E-state index contributed by atoms with van der Waals surface area (Å²) in [6.45, 7) is -0.436. The molecule has 0 radical (unpaired) electrons. The summed E-state index contributed by atoms with van der Waals surface area (Å²) in [7, 11) is 0. The maximum absolute atomic E-state index is 13.1. The van der Waals surface area contributed by atoms with Gasteiger partial charge in [0.25, 0.3) is 5.56 Å². The quantitative estimate of drug-likeness (QED) is 0.869. The summed E-state index contributed by atoms with van der Waals surface area (Å²) in [4.78, 5) is 12.0. The Labute approximate surface area is 134 Å². The first-order chi connectivity index (χ1) is 11.3. The molecule has 8 heteroatoms. The first-order valence-electron chi connectivity index (χ1n) is 7.38. The van der Waals surface area contributed by atoms with Gasteiger partial charge in [-0.25, -0.2) is 9.07 Å². The smallest absolute Gasteiger partial charge is 0.386 e. The van der Waals surface area contributed by atoms with Crippen molar-refractivity contribution < 1.29 is 22.7 Å². The summed E-state index contributed by atoms with van der Waals surface area (Å²) < 4.78 is 52.7. The van der Waals surface area contributed by atoms with Crippen LogP contribution in [-0.4, -0.2) is 14.9 Å². The topological polar surface area (TPSA) is 55.1 Å². The van der Waals surface area contributed by atoms with Gasteiger partial charge in [-0.15, -0.1) is 0 Å². The van der Waals surface area contributed by atoms with E-state index in [0.717, 1.165) is 31.0 Å². The molecule has 1 aliphatic rings. The van der Waals surface area contributed by atoms with Gasteiger partial charge >= 0.3 is 6.18 Å². The summed E-state index contributed by atoms with van der Waals surface area (Å²) in [6.07, 6.45) is -4.61. The molecule has 0 aliphatic heterocycles. The van der Waals surface area contributed by atoms with Crippen LogP contribution >= 0.6 is 0 Å². The van der Waals surface area contributed by atoms with E-state index in [1.54, 1.807) is 0 Å². The molecule has 0 saturated heterocycles. The van der Waals surface area contributed by atoms with E-state index in [2.05, 4.69) is 5.10 Å². The fraction of sp³-hybridized carbons (Fsp3) is 0.375. The van der Waals surface area contributed by atoms with Crippen molar-refractivity contribution in [3.63, 3.8) is 0 Å². The second kappa shape index (κ2) is 6.01. The lowest BCUT2D eigenvalue weighted by atomic mass is 10.1. The van der Waals surface area contributed by atoms with Gasteiger partial charge in [0.2, 0.25) is 0 Å². The highest BCUT2D eigenvalue weighted by atomic mass is 19.4. The second-order valence-electron chi connectivity index (χ2n) is 5.81. The van der Waals surface area contributed by atoms with Gasteiger partial charge in [-0.2, -0.15) is 18.3 Å². The van der Waals surface area contributed by atoms with Crippen LogP contribution in [0.15, 0.2) is 35.1 Å². The summed E-state index contributed by atoms with van der Waals surface area (Å²) in [5.41, 5.74) is -2.09. The Kier molecular flexibility index (Phi) is 4.16. The minimum atomic E-state index is -4.79. The summed E-state index contributed by atoms with van der Waals surface area (Å²) >= 11 is 0. The highest BCUT2D eigenvalue weighted by Gasteiger charge is 2.37. The minimum Gasteiger partial charge on any atom is -0.386 e.